The molecule has 0 unspecified atom stereocenters. The molecular weight excluding hydrogens is 272 g/mol. The van der Waals surface area contributed by atoms with Gasteiger partial charge in [0.25, 0.3) is 0 Å². The van der Waals surface area contributed by atoms with Crippen molar-refractivity contribution in [3.05, 3.63) is 35.0 Å². The Morgan fingerprint density at radius 2 is 2.43 bits per heavy atom. The monoisotopic (exact) mass is 290 g/mol. The number of H-pyrrole nitrogens is 1. The summed E-state index contributed by atoms with van der Waals surface area (Å²) in [5.41, 5.74) is 1.79. The summed E-state index contributed by atoms with van der Waals surface area (Å²) < 4.78 is 5.17. The molecule has 0 radical (unpaired) electrons. The molecule has 0 spiro atoms. The molecule has 1 fully saturated rings. The lowest BCUT2D eigenvalue weighted by Crippen LogP contribution is -2.33. The Labute approximate surface area is 121 Å². The minimum Gasteiger partial charge on any atom is -0.477 e. The lowest BCUT2D eigenvalue weighted by atomic mass is 9.98. The average molecular weight is 290 g/mol. The summed E-state index contributed by atoms with van der Waals surface area (Å²) in [4.78, 5) is 13.4. The van der Waals surface area contributed by atoms with Crippen LogP contribution in [0.15, 0.2) is 16.8 Å². The molecule has 0 aliphatic carbocycles. The molecule has 1 aliphatic rings. The summed E-state index contributed by atoms with van der Waals surface area (Å²) in [7, 11) is 0. The van der Waals surface area contributed by atoms with Crippen molar-refractivity contribution in [2.24, 2.45) is 0 Å². The summed E-state index contributed by atoms with van der Waals surface area (Å²) in [6.45, 7) is 3.35. The fraction of sp³-hybridized carbons (Fsp3) is 0.500. The van der Waals surface area contributed by atoms with Crippen molar-refractivity contribution in [3.63, 3.8) is 0 Å². The van der Waals surface area contributed by atoms with Gasteiger partial charge in [-0.15, -0.1) is 0 Å². The fourth-order valence-corrected chi connectivity index (χ4v) is 2.89. The van der Waals surface area contributed by atoms with Crippen LogP contribution >= 0.6 is 0 Å². The van der Waals surface area contributed by atoms with Gasteiger partial charge in [-0.1, -0.05) is 11.6 Å². The number of hydrogen-bond donors (Lipinski definition) is 2. The summed E-state index contributed by atoms with van der Waals surface area (Å²) in [5.74, 6) is -0.182. The third kappa shape index (κ3) is 2.82. The van der Waals surface area contributed by atoms with Crippen LogP contribution in [-0.4, -0.2) is 37.9 Å². The van der Waals surface area contributed by atoms with Gasteiger partial charge in [0.1, 0.15) is 17.1 Å². The van der Waals surface area contributed by atoms with Crippen molar-refractivity contribution >= 4 is 5.97 Å². The number of nitrogens with zero attached hydrogens (tertiary/aromatic N) is 3. The van der Waals surface area contributed by atoms with E-state index in [1.165, 1.54) is 0 Å². The van der Waals surface area contributed by atoms with E-state index in [-0.39, 0.29) is 11.7 Å². The zero-order valence-corrected chi connectivity index (χ0v) is 11.9. The molecule has 2 aromatic heterocycles. The maximum atomic E-state index is 11.2. The molecular formula is C14H18N4O3. The van der Waals surface area contributed by atoms with Crippen LogP contribution < -0.4 is 0 Å². The van der Waals surface area contributed by atoms with Gasteiger partial charge in [0.15, 0.2) is 0 Å². The quantitative estimate of drug-likeness (QED) is 0.895. The Bertz CT molecular complexity index is 634. The molecule has 0 saturated carbocycles. The number of hydrogen-bond acceptors (Lipinski definition) is 5. The number of carbonyl (C=O) groups is 1. The molecule has 0 aromatic carbocycles. The first-order valence-electron chi connectivity index (χ1n) is 7.08. The second-order valence-corrected chi connectivity index (χ2v) is 5.42. The van der Waals surface area contributed by atoms with Crippen LogP contribution in [0.2, 0.25) is 0 Å². The predicted octanol–water partition coefficient (Wildman–Crippen LogP) is 2.13. The van der Waals surface area contributed by atoms with Crippen LogP contribution in [0, 0.1) is 6.92 Å². The standard InChI is InChI=1S/C14H18N4O3/c1-9-6-11(17-21-9)12-4-2-3-5-18(12)8-10-7-15-16-13(10)14(19)20/h6-7,12H,2-5,8H2,1H3,(H,15,16)(H,19,20)/t12-/m1/s1. The van der Waals surface area contributed by atoms with Crippen molar-refractivity contribution < 1.29 is 14.4 Å². The third-order valence-electron chi connectivity index (χ3n) is 3.91. The van der Waals surface area contributed by atoms with Crippen molar-refractivity contribution in [1.82, 2.24) is 20.3 Å². The minimum atomic E-state index is -0.978. The van der Waals surface area contributed by atoms with Crippen molar-refractivity contribution in [2.45, 2.75) is 38.8 Å². The zero-order chi connectivity index (χ0) is 14.8. The number of aryl methyl sites for hydroxylation is 1. The summed E-state index contributed by atoms with van der Waals surface area (Å²) in [6, 6.07) is 2.13. The number of likely N-dealkylation sites (tertiary alicyclic amines) is 1. The lowest BCUT2D eigenvalue weighted by molar-refractivity contribution is 0.0685. The molecule has 2 aromatic rings. The largest absolute Gasteiger partial charge is 0.477 e. The maximum absolute atomic E-state index is 11.2. The van der Waals surface area contributed by atoms with E-state index >= 15 is 0 Å². The van der Waals surface area contributed by atoms with E-state index in [9.17, 15) is 4.79 Å². The number of piperidine rings is 1. The van der Waals surface area contributed by atoms with Crippen LogP contribution in [0.1, 0.15) is 52.8 Å². The fourth-order valence-electron chi connectivity index (χ4n) is 2.89. The Hall–Kier alpha value is -2.15. The molecule has 1 atom stereocenters. The number of carboxylic acid groups (broad SMARTS) is 1. The Balaban J connectivity index is 1.81. The normalized spacial score (nSPS) is 19.8. The molecule has 7 heteroatoms. The van der Waals surface area contributed by atoms with Gasteiger partial charge >= 0.3 is 5.97 Å². The summed E-state index contributed by atoms with van der Waals surface area (Å²) >= 11 is 0. The van der Waals surface area contributed by atoms with E-state index in [4.69, 9.17) is 9.63 Å². The first kappa shape index (κ1) is 13.8. The third-order valence-corrected chi connectivity index (χ3v) is 3.91. The van der Waals surface area contributed by atoms with Gasteiger partial charge in [-0.3, -0.25) is 10.00 Å². The van der Waals surface area contributed by atoms with E-state index in [2.05, 4.69) is 20.3 Å². The lowest BCUT2D eigenvalue weighted by Gasteiger charge is -2.34. The first-order valence-corrected chi connectivity index (χ1v) is 7.08. The number of rotatable bonds is 4. The smallest absolute Gasteiger partial charge is 0.354 e. The van der Waals surface area contributed by atoms with Crippen molar-refractivity contribution in [1.29, 1.82) is 0 Å². The number of aromatic nitrogens is 3. The highest BCUT2D eigenvalue weighted by atomic mass is 16.5. The second-order valence-electron chi connectivity index (χ2n) is 5.42. The number of aromatic amines is 1. The van der Waals surface area contributed by atoms with Gasteiger partial charge in [0.05, 0.1) is 12.2 Å². The van der Waals surface area contributed by atoms with Crippen LogP contribution in [0.4, 0.5) is 0 Å². The van der Waals surface area contributed by atoms with E-state index in [0.29, 0.717) is 12.1 Å². The Kier molecular flexibility index (Phi) is 3.74. The second kappa shape index (κ2) is 5.69. The van der Waals surface area contributed by atoms with Gasteiger partial charge in [-0.05, 0) is 26.3 Å². The SMILES string of the molecule is Cc1cc([C@H]2CCCCN2Cc2cn[nH]c2C(=O)O)no1. The molecule has 7 nitrogen and oxygen atoms in total. The molecule has 2 N–H and O–H groups in total. The Morgan fingerprint density at radius 3 is 3.14 bits per heavy atom. The van der Waals surface area contributed by atoms with Gasteiger partial charge < -0.3 is 9.63 Å². The molecule has 0 amide bonds. The average Bonchev–Trinajstić information content (AvgIpc) is 3.08. The van der Waals surface area contributed by atoms with Gasteiger partial charge in [-0.25, -0.2) is 4.79 Å². The number of aromatic carboxylic acids is 1. The molecule has 1 saturated heterocycles. The van der Waals surface area contributed by atoms with Gasteiger partial charge in [0, 0.05) is 18.2 Å². The Morgan fingerprint density at radius 1 is 1.57 bits per heavy atom. The summed E-state index contributed by atoms with van der Waals surface area (Å²) in [6.07, 6.45) is 4.84. The van der Waals surface area contributed by atoms with Crippen LogP contribution in [0.5, 0.6) is 0 Å². The molecule has 21 heavy (non-hydrogen) atoms. The van der Waals surface area contributed by atoms with Gasteiger partial charge in [-0.2, -0.15) is 5.10 Å². The highest BCUT2D eigenvalue weighted by Crippen LogP contribution is 2.32. The molecule has 3 rings (SSSR count). The minimum absolute atomic E-state index is 0.163. The highest BCUT2D eigenvalue weighted by molar-refractivity contribution is 5.86. The molecule has 3 heterocycles. The summed E-state index contributed by atoms with van der Waals surface area (Å²) in [5, 5.41) is 19.7. The van der Waals surface area contributed by atoms with Crippen LogP contribution in [-0.2, 0) is 6.54 Å². The predicted molar refractivity (Wildman–Crippen MR) is 73.8 cm³/mol. The topological polar surface area (TPSA) is 95.2 Å². The number of carboxylic acids is 1. The van der Waals surface area contributed by atoms with E-state index < -0.39 is 5.97 Å². The first-order chi connectivity index (χ1) is 10.1. The molecule has 0 bridgehead atoms. The molecule has 112 valence electrons. The van der Waals surface area contributed by atoms with Gasteiger partial charge in [0.2, 0.25) is 0 Å². The van der Waals surface area contributed by atoms with Crippen molar-refractivity contribution in [2.75, 3.05) is 6.54 Å². The maximum Gasteiger partial charge on any atom is 0.354 e. The van der Waals surface area contributed by atoms with Crippen LogP contribution in [0.25, 0.3) is 0 Å². The van der Waals surface area contributed by atoms with Crippen molar-refractivity contribution in [3.8, 4) is 0 Å². The van der Waals surface area contributed by atoms with E-state index in [1.807, 2.05) is 13.0 Å². The van der Waals surface area contributed by atoms with Crippen LogP contribution in [0.3, 0.4) is 0 Å². The molecule has 1 aliphatic heterocycles. The zero-order valence-electron chi connectivity index (χ0n) is 11.9. The highest BCUT2D eigenvalue weighted by Gasteiger charge is 2.28. The number of nitrogens with one attached hydrogen (secondary N) is 1. The van der Waals surface area contributed by atoms with E-state index in [0.717, 1.165) is 37.3 Å². The van der Waals surface area contributed by atoms with E-state index in [1.54, 1.807) is 6.20 Å².